The third kappa shape index (κ3) is 2.85. The number of aromatic nitrogens is 1. The molecule has 0 aliphatic rings. The van der Waals surface area contributed by atoms with Crippen molar-refractivity contribution in [2.75, 3.05) is 0 Å². The Labute approximate surface area is 131 Å². The van der Waals surface area contributed by atoms with Gasteiger partial charge >= 0.3 is 5.97 Å². The Hall–Kier alpha value is -2.95. The van der Waals surface area contributed by atoms with Gasteiger partial charge in [0.25, 0.3) is 0 Å². The van der Waals surface area contributed by atoms with Crippen LogP contribution in [0.1, 0.15) is 15.9 Å². The van der Waals surface area contributed by atoms with E-state index >= 15 is 0 Å². The summed E-state index contributed by atoms with van der Waals surface area (Å²) in [6.45, 7) is 0.449. The van der Waals surface area contributed by atoms with Crippen molar-refractivity contribution in [1.82, 2.24) is 4.57 Å². The van der Waals surface area contributed by atoms with E-state index in [-0.39, 0.29) is 5.39 Å². The highest BCUT2D eigenvalue weighted by Gasteiger charge is 2.16. The molecule has 0 bridgehead atoms. The minimum atomic E-state index is -1.35. The summed E-state index contributed by atoms with van der Waals surface area (Å²) < 4.78 is 15.6. The lowest BCUT2D eigenvalue weighted by molar-refractivity contribution is 0.0695. The number of hydrogen-bond donors (Lipinski definition) is 1. The minimum absolute atomic E-state index is 0.180. The maximum absolute atomic E-state index is 14.0. The van der Waals surface area contributed by atoms with Gasteiger partial charge in [0.05, 0.1) is 10.9 Å². The van der Waals surface area contributed by atoms with Crippen LogP contribution >= 0.6 is 0 Å². The lowest BCUT2D eigenvalue weighted by Crippen LogP contribution is -2.20. The zero-order valence-electron chi connectivity index (χ0n) is 12.2. The van der Waals surface area contributed by atoms with E-state index in [1.165, 1.54) is 12.3 Å². The van der Waals surface area contributed by atoms with Crippen molar-refractivity contribution in [3.8, 4) is 0 Å². The molecule has 1 N–H and O–H groups in total. The standard InChI is InChI=1S/C18H14FNO3/c19-14-7-4-8-15-16(14)17(21)13(18(22)23)11-20(15)10-9-12-5-2-1-3-6-12/h1-8,11H,9-10H2,(H,22,23). The SMILES string of the molecule is O=C(O)c1cn(CCc2ccccc2)c2cccc(F)c2c1=O. The van der Waals surface area contributed by atoms with Crippen molar-refractivity contribution in [1.29, 1.82) is 0 Å². The van der Waals surface area contributed by atoms with Crippen LogP contribution in [0.15, 0.2) is 59.5 Å². The number of carboxylic acids is 1. The number of rotatable bonds is 4. The molecule has 0 aliphatic heterocycles. The van der Waals surface area contributed by atoms with Crippen LogP contribution in [0.25, 0.3) is 10.9 Å². The van der Waals surface area contributed by atoms with Gasteiger partial charge in [-0.1, -0.05) is 36.4 Å². The second-order valence-corrected chi connectivity index (χ2v) is 5.24. The maximum atomic E-state index is 14.0. The Morgan fingerprint density at radius 3 is 2.52 bits per heavy atom. The fourth-order valence-corrected chi connectivity index (χ4v) is 2.63. The molecule has 5 heteroatoms. The molecule has 0 amide bonds. The third-order valence-corrected chi connectivity index (χ3v) is 3.77. The number of pyridine rings is 1. The summed E-state index contributed by atoms with van der Waals surface area (Å²) in [5, 5.41) is 9.01. The van der Waals surface area contributed by atoms with Crippen molar-refractivity contribution in [2.45, 2.75) is 13.0 Å². The first-order valence-electron chi connectivity index (χ1n) is 7.17. The van der Waals surface area contributed by atoms with Gasteiger partial charge in [0.2, 0.25) is 5.43 Å². The van der Waals surface area contributed by atoms with E-state index in [4.69, 9.17) is 0 Å². The van der Waals surface area contributed by atoms with Gasteiger partial charge in [-0.2, -0.15) is 0 Å². The number of aryl methyl sites for hydroxylation is 2. The molecule has 4 nitrogen and oxygen atoms in total. The van der Waals surface area contributed by atoms with Crippen LogP contribution < -0.4 is 5.43 Å². The highest BCUT2D eigenvalue weighted by Crippen LogP contribution is 2.16. The van der Waals surface area contributed by atoms with Crippen molar-refractivity contribution >= 4 is 16.9 Å². The summed E-state index contributed by atoms with van der Waals surface area (Å²) in [5.41, 5.74) is 0.265. The monoisotopic (exact) mass is 311 g/mol. The molecule has 0 saturated carbocycles. The average molecular weight is 311 g/mol. The number of aromatic carboxylic acids is 1. The van der Waals surface area contributed by atoms with Gasteiger partial charge in [-0.15, -0.1) is 0 Å². The minimum Gasteiger partial charge on any atom is -0.477 e. The van der Waals surface area contributed by atoms with Gasteiger partial charge in [-0.3, -0.25) is 4.79 Å². The summed E-state index contributed by atoms with van der Waals surface area (Å²) in [5.74, 6) is -2.06. The van der Waals surface area contributed by atoms with Crippen LogP contribution in [0.4, 0.5) is 4.39 Å². The molecule has 1 heterocycles. The van der Waals surface area contributed by atoms with Gasteiger partial charge in [-0.05, 0) is 24.1 Å². The molecule has 1 aromatic heterocycles. The molecular weight excluding hydrogens is 297 g/mol. The van der Waals surface area contributed by atoms with Crippen LogP contribution in [-0.2, 0) is 13.0 Å². The first-order chi connectivity index (χ1) is 11.1. The number of fused-ring (bicyclic) bond motifs is 1. The second-order valence-electron chi connectivity index (χ2n) is 5.24. The van der Waals surface area contributed by atoms with Gasteiger partial charge < -0.3 is 9.67 Å². The Bertz CT molecular complexity index is 932. The molecule has 0 aliphatic carbocycles. The molecule has 0 fully saturated rings. The summed E-state index contributed by atoms with van der Waals surface area (Å²) in [6, 6.07) is 14.0. The average Bonchev–Trinajstić information content (AvgIpc) is 2.55. The molecular formula is C18H14FNO3. The number of benzene rings is 2. The predicted molar refractivity (Wildman–Crippen MR) is 85.3 cm³/mol. The molecule has 2 aromatic carbocycles. The van der Waals surface area contributed by atoms with Crippen molar-refractivity contribution in [3.63, 3.8) is 0 Å². The topological polar surface area (TPSA) is 59.3 Å². The molecule has 3 aromatic rings. The van der Waals surface area contributed by atoms with Crippen molar-refractivity contribution < 1.29 is 14.3 Å². The first kappa shape index (κ1) is 15.0. The molecule has 0 atom stereocenters. The summed E-state index contributed by atoms with van der Waals surface area (Å²) in [6.07, 6.45) is 1.93. The van der Waals surface area contributed by atoms with E-state index in [2.05, 4.69) is 0 Å². The van der Waals surface area contributed by atoms with Gasteiger partial charge in [0, 0.05) is 12.7 Å². The van der Waals surface area contributed by atoms with Crippen LogP contribution in [0.3, 0.4) is 0 Å². The Kier molecular flexibility index (Phi) is 3.93. The second kappa shape index (κ2) is 6.04. The van der Waals surface area contributed by atoms with E-state index < -0.39 is 22.8 Å². The maximum Gasteiger partial charge on any atom is 0.341 e. The highest BCUT2D eigenvalue weighted by atomic mass is 19.1. The van der Waals surface area contributed by atoms with Crippen LogP contribution in [0.5, 0.6) is 0 Å². The molecule has 3 rings (SSSR count). The quantitative estimate of drug-likeness (QED) is 0.805. The van der Waals surface area contributed by atoms with E-state index in [0.29, 0.717) is 18.5 Å². The summed E-state index contributed by atoms with van der Waals surface area (Å²) >= 11 is 0. The summed E-state index contributed by atoms with van der Waals surface area (Å²) in [7, 11) is 0. The fourth-order valence-electron chi connectivity index (χ4n) is 2.63. The molecule has 23 heavy (non-hydrogen) atoms. The number of nitrogens with zero attached hydrogens (tertiary/aromatic N) is 1. The normalized spacial score (nSPS) is 10.8. The third-order valence-electron chi connectivity index (χ3n) is 3.77. The van der Waals surface area contributed by atoms with Gasteiger partial charge in [-0.25, -0.2) is 9.18 Å². The Morgan fingerprint density at radius 1 is 1.09 bits per heavy atom. The molecule has 116 valence electrons. The zero-order chi connectivity index (χ0) is 16.4. The zero-order valence-corrected chi connectivity index (χ0v) is 12.2. The van der Waals surface area contributed by atoms with Crippen LogP contribution in [-0.4, -0.2) is 15.6 Å². The van der Waals surface area contributed by atoms with Crippen LogP contribution in [0.2, 0.25) is 0 Å². The van der Waals surface area contributed by atoms with E-state index in [9.17, 15) is 19.1 Å². The van der Waals surface area contributed by atoms with Crippen molar-refractivity contribution in [3.05, 3.63) is 81.9 Å². The number of carboxylic acid groups (broad SMARTS) is 1. The van der Waals surface area contributed by atoms with Crippen LogP contribution in [0, 0.1) is 5.82 Å². The summed E-state index contributed by atoms with van der Waals surface area (Å²) in [4.78, 5) is 23.5. The molecule has 0 radical (unpaired) electrons. The Balaban J connectivity index is 2.12. The first-order valence-corrected chi connectivity index (χ1v) is 7.17. The number of halogens is 1. The lowest BCUT2D eigenvalue weighted by atomic mass is 10.1. The predicted octanol–water partition coefficient (Wildman–Crippen LogP) is 3.08. The molecule has 0 unspecified atom stereocenters. The number of hydrogen-bond acceptors (Lipinski definition) is 2. The van der Waals surface area contributed by atoms with E-state index in [1.54, 1.807) is 10.6 Å². The van der Waals surface area contributed by atoms with E-state index in [1.807, 2.05) is 30.3 Å². The number of carbonyl (C=O) groups is 1. The molecule has 0 saturated heterocycles. The van der Waals surface area contributed by atoms with E-state index in [0.717, 1.165) is 11.6 Å². The molecule has 0 spiro atoms. The fraction of sp³-hybridized carbons (Fsp3) is 0.111. The van der Waals surface area contributed by atoms with Gasteiger partial charge in [0.15, 0.2) is 0 Å². The lowest BCUT2D eigenvalue weighted by Gasteiger charge is -2.12. The van der Waals surface area contributed by atoms with Crippen molar-refractivity contribution in [2.24, 2.45) is 0 Å². The van der Waals surface area contributed by atoms with Gasteiger partial charge in [0.1, 0.15) is 11.4 Å². The smallest absolute Gasteiger partial charge is 0.341 e. The highest BCUT2D eigenvalue weighted by molar-refractivity contribution is 5.92. The largest absolute Gasteiger partial charge is 0.477 e. The Morgan fingerprint density at radius 2 is 1.83 bits per heavy atom.